The number of amides is 1. The number of morpholine rings is 2. The minimum Gasteiger partial charge on any atom is -0.444 e. The number of nitrogens with zero attached hydrogens (tertiary/aromatic N) is 2. The predicted octanol–water partition coefficient (Wildman–Crippen LogP) is 2.10. The molecule has 144 valence electrons. The van der Waals surface area contributed by atoms with Crippen molar-refractivity contribution in [1.29, 1.82) is 0 Å². The van der Waals surface area contributed by atoms with Gasteiger partial charge in [-0.25, -0.2) is 4.79 Å². The second-order valence-corrected chi connectivity index (χ2v) is 8.25. The van der Waals surface area contributed by atoms with Crippen molar-refractivity contribution in [3.63, 3.8) is 0 Å². The van der Waals surface area contributed by atoms with Crippen LogP contribution in [0.25, 0.3) is 0 Å². The number of hydrogen-bond donors (Lipinski definition) is 1. The molecule has 2 heterocycles. The first-order valence-corrected chi connectivity index (χ1v) is 9.48. The van der Waals surface area contributed by atoms with Gasteiger partial charge >= 0.3 is 6.09 Å². The number of nitrogens with one attached hydrogen (secondary N) is 1. The van der Waals surface area contributed by atoms with Gasteiger partial charge in [-0.15, -0.1) is 0 Å². The molecule has 0 saturated carbocycles. The number of ether oxygens (including phenoxy) is 2. The number of fused-ring (bicyclic) bond motifs is 2. The van der Waals surface area contributed by atoms with Crippen LogP contribution in [-0.2, 0) is 16.0 Å². The number of carbonyl (C=O) groups excluding carboxylic acids is 1. The van der Waals surface area contributed by atoms with E-state index in [-0.39, 0.29) is 18.3 Å². The molecule has 26 heavy (non-hydrogen) atoms. The third-order valence-electron chi connectivity index (χ3n) is 4.58. The van der Waals surface area contributed by atoms with E-state index in [1.165, 1.54) is 5.56 Å². The molecule has 0 radical (unpaired) electrons. The molecule has 0 aromatic heterocycles. The minimum atomic E-state index is -0.456. The molecule has 0 unspecified atom stereocenters. The van der Waals surface area contributed by atoms with E-state index in [9.17, 15) is 4.79 Å². The summed E-state index contributed by atoms with van der Waals surface area (Å²) in [5, 5.41) is 2.84. The third-order valence-corrected chi connectivity index (χ3v) is 4.58. The lowest BCUT2D eigenvalue weighted by molar-refractivity contribution is -0.139. The van der Waals surface area contributed by atoms with Crippen LogP contribution in [0.2, 0.25) is 0 Å². The molecule has 1 N–H and O–H groups in total. The Morgan fingerprint density at radius 1 is 1.12 bits per heavy atom. The highest BCUT2D eigenvalue weighted by Crippen LogP contribution is 2.20. The number of alkyl carbamates (subject to hydrolysis) is 1. The fourth-order valence-electron chi connectivity index (χ4n) is 3.64. The van der Waals surface area contributed by atoms with Crippen molar-refractivity contribution in [2.75, 3.05) is 39.3 Å². The molecule has 2 aliphatic heterocycles. The van der Waals surface area contributed by atoms with E-state index >= 15 is 0 Å². The third kappa shape index (κ3) is 5.97. The normalized spacial score (nSPS) is 24.3. The van der Waals surface area contributed by atoms with Crippen LogP contribution in [0.5, 0.6) is 0 Å². The highest BCUT2D eigenvalue weighted by atomic mass is 16.6. The minimum absolute atomic E-state index is 0.243. The summed E-state index contributed by atoms with van der Waals surface area (Å²) >= 11 is 0. The summed E-state index contributed by atoms with van der Waals surface area (Å²) in [5.41, 5.74) is 0.897. The lowest BCUT2D eigenvalue weighted by Gasteiger charge is -2.46. The van der Waals surface area contributed by atoms with E-state index in [1.54, 1.807) is 0 Å². The largest absolute Gasteiger partial charge is 0.444 e. The molecule has 1 aromatic carbocycles. The lowest BCUT2D eigenvalue weighted by atomic mass is 10.1. The molecule has 6 heteroatoms. The average Bonchev–Trinajstić information content (AvgIpc) is 2.53. The highest BCUT2D eigenvalue weighted by molar-refractivity contribution is 5.67. The van der Waals surface area contributed by atoms with Crippen LogP contribution in [0, 0.1) is 0 Å². The van der Waals surface area contributed by atoms with Gasteiger partial charge in [0.25, 0.3) is 0 Å². The first-order valence-electron chi connectivity index (χ1n) is 9.48. The van der Waals surface area contributed by atoms with Crippen molar-refractivity contribution in [2.24, 2.45) is 0 Å². The van der Waals surface area contributed by atoms with Crippen molar-refractivity contribution in [3.8, 4) is 0 Å². The molecule has 2 aliphatic rings. The molecule has 1 amide bonds. The van der Waals surface area contributed by atoms with Crippen LogP contribution in [-0.4, -0.2) is 73.0 Å². The summed E-state index contributed by atoms with van der Waals surface area (Å²) in [5.74, 6) is 0. The molecule has 3 rings (SSSR count). The zero-order valence-electron chi connectivity index (χ0n) is 16.1. The zero-order chi connectivity index (χ0) is 18.6. The first-order chi connectivity index (χ1) is 12.4. The van der Waals surface area contributed by atoms with Crippen molar-refractivity contribution in [1.82, 2.24) is 15.1 Å². The molecular formula is C20H31N3O3. The molecule has 1 aromatic rings. The molecule has 2 fully saturated rings. The number of rotatable bonds is 5. The van der Waals surface area contributed by atoms with Gasteiger partial charge in [0.1, 0.15) is 5.60 Å². The van der Waals surface area contributed by atoms with Crippen molar-refractivity contribution in [3.05, 3.63) is 35.9 Å². The van der Waals surface area contributed by atoms with Crippen LogP contribution in [0.4, 0.5) is 4.79 Å². The molecule has 0 spiro atoms. The predicted molar refractivity (Wildman–Crippen MR) is 101 cm³/mol. The zero-order valence-corrected chi connectivity index (χ0v) is 16.1. The van der Waals surface area contributed by atoms with E-state index in [0.717, 1.165) is 39.3 Å². The maximum atomic E-state index is 11.7. The van der Waals surface area contributed by atoms with Gasteiger partial charge in [0.05, 0.1) is 12.2 Å². The fourth-order valence-corrected chi connectivity index (χ4v) is 3.64. The van der Waals surface area contributed by atoms with Gasteiger partial charge in [0.2, 0.25) is 0 Å². The van der Waals surface area contributed by atoms with E-state index in [1.807, 2.05) is 20.8 Å². The maximum Gasteiger partial charge on any atom is 0.407 e. The number of benzene rings is 1. The monoisotopic (exact) mass is 361 g/mol. The van der Waals surface area contributed by atoms with E-state index in [0.29, 0.717) is 6.54 Å². The van der Waals surface area contributed by atoms with Gasteiger partial charge in [-0.2, -0.15) is 0 Å². The summed E-state index contributed by atoms with van der Waals surface area (Å²) in [6.45, 7) is 11.8. The Bertz CT molecular complexity index is 574. The topological polar surface area (TPSA) is 54.0 Å². The quantitative estimate of drug-likeness (QED) is 0.870. The molecule has 0 aliphatic carbocycles. The summed E-state index contributed by atoms with van der Waals surface area (Å²) in [6.07, 6.45) is 0.139. The van der Waals surface area contributed by atoms with Crippen LogP contribution < -0.4 is 5.32 Å². The molecule has 2 bridgehead atoms. The SMILES string of the molecule is CC(C)(C)OC(=O)NCCN1C[C@@H]2CN(Cc3ccccc3)C[C@H](C1)O2. The smallest absolute Gasteiger partial charge is 0.407 e. The second kappa shape index (κ2) is 8.37. The Balaban J connectivity index is 1.40. The number of hydrogen-bond acceptors (Lipinski definition) is 5. The number of carbonyl (C=O) groups is 1. The lowest BCUT2D eigenvalue weighted by Crippen LogP contribution is -2.59. The maximum absolute atomic E-state index is 11.7. The van der Waals surface area contributed by atoms with E-state index in [4.69, 9.17) is 9.47 Å². The standard InChI is InChI=1S/C20H31N3O3/c1-20(2,3)26-19(24)21-9-10-22-12-17-14-23(15-18(13-22)25-17)11-16-7-5-4-6-8-16/h4-8,17-18H,9-15H2,1-3H3,(H,21,24)/t17-,18+. The Morgan fingerprint density at radius 2 is 1.73 bits per heavy atom. The molecule has 6 nitrogen and oxygen atoms in total. The Labute approximate surface area is 156 Å². The van der Waals surface area contributed by atoms with Gasteiger partial charge in [0, 0.05) is 45.8 Å². The Kier molecular flexibility index (Phi) is 6.16. The van der Waals surface area contributed by atoms with E-state index in [2.05, 4.69) is 45.4 Å². The summed E-state index contributed by atoms with van der Waals surface area (Å²) in [7, 11) is 0. The van der Waals surface area contributed by atoms with Gasteiger partial charge in [-0.05, 0) is 26.3 Å². The summed E-state index contributed by atoms with van der Waals surface area (Å²) < 4.78 is 11.4. The van der Waals surface area contributed by atoms with Crippen LogP contribution >= 0.6 is 0 Å². The van der Waals surface area contributed by atoms with Gasteiger partial charge in [-0.1, -0.05) is 30.3 Å². The summed E-state index contributed by atoms with van der Waals surface area (Å²) in [4.78, 5) is 16.6. The highest BCUT2D eigenvalue weighted by Gasteiger charge is 2.34. The van der Waals surface area contributed by atoms with Crippen LogP contribution in [0.1, 0.15) is 26.3 Å². The van der Waals surface area contributed by atoms with Crippen molar-refractivity contribution in [2.45, 2.75) is 45.1 Å². The van der Waals surface area contributed by atoms with Crippen molar-refractivity contribution < 1.29 is 14.3 Å². The molecule has 2 atom stereocenters. The van der Waals surface area contributed by atoms with Crippen LogP contribution in [0.3, 0.4) is 0 Å². The van der Waals surface area contributed by atoms with Crippen LogP contribution in [0.15, 0.2) is 30.3 Å². The fraction of sp³-hybridized carbons (Fsp3) is 0.650. The van der Waals surface area contributed by atoms with Gasteiger partial charge in [0.15, 0.2) is 0 Å². The summed E-state index contributed by atoms with van der Waals surface area (Å²) in [6, 6.07) is 10.6. The average molecular weight is 361 g/mol. The van der Waals surface area contributed by atoms with Crippen molar-refractivity contribution >= 4 is 6.09 Å². The Morgan fingerprint density at radius 3 is 2.35 bits per heavy atom. The van der Waals surface area contributed by atoms with Gasteiger partial charge in [-0.3, -0.25) is 9.80 Å². The molecular weight excluding hydrogens is 330 g/mol. The first kappa shape index (κ1) is 19.1. The second-order valence-electron chi connectivity index (χ2n) is 8.25. The van der Waals surface area contributed by atoms with E-state index < -0.39 is 5.60 Å². The Hall–Kier alpha value is -1.63. The molecule has 2 saturated heterocycles. The van der Waals surface area contributed by atoms with Gasteiger partial charge < -0.3 is 14.8 Å².